The first-order valence-corrected chi connectivity index (χ1v) is 7.61. The minimum Gasteiger partial charge on any atom is -0.461 e. The second-order valence-corrected chi connectivity index (χ2v) is 5.41. The smallest absolute Gasteiger partial charge is 0.359 e. The van der Waals surface area contributed by atoms with Crippen LogP contribution in [0.2, 0.25) is 0 Å². The van der Waals surface area contributed by atoms with Gasteiger partial charge in [-0.3, -0.25) is 0 Å². The largest absolute Gasteiger partial charge is 0.461 e. The highest BCUT2D eigenvalue weighted by atomic mass is 19.1. The molecule has 6 heteroatoms. The molecule has 0 unspecified atom stereocenters. The molecule has 3 rings (SSSR count). The van der Waals surface area contributed by atoms with Gasteiger partial charge in [0.15, 0.2) is 5.69 Å². The van der Waals surface area contributed by atoms with Crippen LogP contribution < -0.4 is 0 Å². The van der Waals surface area contributed by atoms with Crippen molar-refractivity contribution in [3.8, 4) is 11.8 Å². The number of hydrogen-bond donors (Lipinski definition) is 0. The summed E-state index contributed by atoms with van der Waals surface area (Å²) >= 11 is 0. The standard InChI is InChI=1S/C17H16FN3O2/c18-12-6-8-13(9-7-12)21-15-5-3-4-14(15)16(20-21)17(22)23-11-2-1-10-19/h6-9H,1-5,11H2. The van der Waals surface area contributed by atoms with E-state index in [1.807, 2.05) is 6.07 Å². The van der Waals surface area contributed by atoms with Crippen molar-refractivity contribution in [3.63, 3.8) is 0 Å². The van der Waals surface area contributed by atoms with Crippen LogP contribution in [0.1, 0.15) is 41.0 Å². The van der Waals surface area contributed by atoms with Gasteiger partial charge in [0.1, 0.15) is 5.82 Å². The third kappa shape index (κ3) is 3.09. The van der Waals surface area contributed by atoms with Crippen molar-refractivity contribution in [3.05, 3.63) is 47.0 Å². The summed E-state index contributed by atoms with van der Waals surface area (Å²) in [6, 6.07) is 8.04. The first kappa shape index (κ1) is 15.2. The van der Waals surface area contributed by atoms with Crippen molar-refractivity contribution in [1.29, 1.82) is 5.26 Å². The fourth-order valence-electron chi connectivity index (χ4n) is 2.78. The van der Waals surface area contributed by atoms with E-state index in [-0.39, 0.29) is 12.4 Å². The van der Waals surface area contributed by atoms with E-state index in [0.29, 0.717) is 18.5 Å². The molecule has 0 saturated heterocycles. The fraction of sp³-hybridized carbons (Fsp3) is 0.353. The summed E-state index contributed by atoms with van der Waals surface area (Å²) in [6.07, 6.45) is 3.46. The molecule has 0 N–H and O–H groups in total. The second-order valence-electron chi connectivity index (χ2n) is 5.41. The lowest BCUT2D eigenvalue weighted by Crippen LogP contribution is -2.10. The number of aromatic nitrogens is 2. The van der Waals surface area contributed by atoms with E-state index in [2.05, 4.69) is 5.10 Å². The van der Waals surface area contributed by atoms with E-state index in [9.17, 15) is 9.18 Å². The van der Waals surface area contributed by atoms with Crippen LogP contribution in [0.4, 0.5) is 4.39 Å². The molecule has 5 nitrogen and oxygen atoms in total. The molecular weight excluding hydrogens is 297 g/mol. The number of benzene rings is 1. The Labute approximate surface area is 133 Å². The molecule has 1 aromatic heterocycles. The van der Waals surface area contributed by atoms with E-state index < -0.39 is 5.97 Å². The molecule has 2 aromatic rings. The summed E-state index contributed by atoms with van der Waals surface area (Å²) in [5.41, 5.74) is 2.96. The summed E-state index contributed by atoms with van der Waals surface area (Å²) in [5, 5.41) is 12.9. The minimum absolute atomic E-state index is 0.213. The average molecular weight is 313 g/mol. The van der Waals surface area contributed by atoms with Crippen LogP contribution >= 0.6 is 0 Å². The van der Waals surface area contributed by atoms with Gasteiger partial charge in [-0.1, -0.05) is 0 Å². The third-order valence-electron chi connectivity index (χ3n) is 3.86. The number of unbranched alkanes of at least 4 members (excludes halogenated alkanes) is 1. The van der Waals surface area contributed by atoms with Crippen LogP contribution in [-0.2, 0) is 17.6 Å². The predicted octanol–water partition coefficient (Wildman–Crippen LogP) is 2.96. The molecule has 1 aromatic carbocycles. The van der Waals surface area contributed by atoms with Crippen LogP contribution in [0, 0.1) is 17.1 Å². The van der Waals surface area contributed by atoms with Crippen molar-refractivity contribution in [2.24, 2.45) is 0 Å². The Kier molecular flexibility index (Phi) is 4.38. The fourth-order valence-corrected chi connectivity index (χ4v) is 2.78. The molecule has 1 heterocycles. The third-order valence-corrected chi connectivity index (χ3v) is 3.86. The Bertz CT molecular complexity index is 759. The number of hydrogen-bond acceptors (Lipinski definition) is 4. The van der Waals surface area contributed by atoms with E-state index in [4.69, 9.17) is 10.00 Å². The molecule has 0 amide bonds. The van der Waals surface area contributed by atoms with Gasteiger partial charge in [0.25, 0.3) is 0 Å². The Morgan fingerprint density at radius 2 is 2.13 bits per heavy atom. The number of carbonyl (C=O) groups excluding carboxylic acids is 1. The monoisotopic (exact) mass is 313 g/mol. The van der Waals surface area contributed by atoms with Gasteiger partial charge in [-0.2, -0.15) is 10.4 Å². The number of esters is 1. The van der Waals surface area contributed by atoms with Gasteiger partial charge in [0, 0.05) is 17.7 Å². The van der Waals surface area contributed by atoms with Gasteiger partial charge >= 0.3 is 5.97 Å². The van der Waals surface area contributed by atoms with Crippen molar-refractivity contribution < 1.29 is 13.9 Å². The second kappa shape index (κ2) is 6.61. The lowest BCUT2D eigenvalue weighted by molar-refractivity contribution is 0.0493. The SMILES string of the molecule is N#CCCCOC(=O)c1nn(-c2ccc(F)cc2)c2c1CCC2. The van der Waals surface area contributed by atoms with E-state index >= 15 is 0 Å². The summed E-state index contributed by atoms with van der Waals surface area (Å²) in [6.45, 7) is 0.213. The first-order valence-electron chi connectivity index (χ1n) is 7.61. The van der Waals surface area contributed by atoms with Crippen molar-refractivity contribution in [2.75, 3.05) is 6.61 Å². The zero-order chi connectivity index (χ0) is 16.2. The summed E-state index contributed by atoms with van der Waals surface area (Å²) < 4.78 is 20.0. The molecule has 1 aliphatic rings. The molecule has 0 radical (unpaired) electrons. The summed E-state index contributed by atoms with van der Waals surface area (Å²) in [4.78, 5) is 12.2. The molecule has 0 atom stereocenters. The predicted molar refractivity (Wildman–Crippen MR) is 80.7 cm³/mol. The van der Waals surface area contributed by atoms with Crippen LogP contribution in [-0.4, -0.2) is 22.4 Å². The van der Waals surface area contributed by atoms with Crippen LogP contribution in [0.3, 0.4) is 0 Å². The average Bonchev–Trinajstić information content (AvgIpc) is 3.14. The van der Waals surface area contributed by atoms with Crippen molar-refractivity contribution in [1.82, 2.24) is 9.78 Å². The van der Waals surface area contributed by atoms with Gasteiger partial charge in [-0.05, 0) is 49.9 Å². The molecule has 1 aliphatic carbocycles. The molecule has 0 fully saturated rings. The quantitative estimate of drug-likeness (QED) is 0.628. The van der Waals surface area contributed by atoms with Crippen molar-refractivity contribution in [2.45, 2.75) is 32.1 Å². The number of carbonyl (C=O) groups is 1. The number of fused-ring (bicyclic) bond motifs is 1. The molecule has 118 valence electrons. The van der Waals surface area contributed by atoms with Gasteiger partial charge in [0.05, 0.1) is 18.4 Å². The highest BCUT2D eigenvalue weighted by Crippen LogP contribution is 2.28. The Balaban J connectivity index is 1.85. The lowest BCUT2D eigenvalue weighted by atomic mass is 10.2. The molecular formula is C17H16FN3O2. The van der Waals surface area contributed by atoms with Gasteiger partial charge in [-0.15, -0.1) is 0 Å². The minimum atomic E-state index is -0.457. The molecule has 23 heavy (non-hydrogen) atoms. The maximum atomic E-state index is 13.1. The highest BCUT2D eigenvalue weighted by molar-refractivity contribution is 5.89. The molecule has 0 saturated carbocycles. The van der Waals surface area contributed by atoms with E-state index in [1.54, 1.807) is 16.8 Å². The normalized spacial score (nSPS) is 12.7. The Morgan fingerprint density at radius 3 is 2.87 bits per heavy atom. The molecule has 0 bridgehead atoms. The first-order chi connectivity index (χ1) is 11.2. The highest BCUT2D eigenvalue weighted by Gasteiger charge is 2.27. The number of ether oxygens (including phenoxy) is 1. The van der Waals surface area contributed by atoms with E-state index in [1.165, 1.54) is 12.1 Å². The Hall–Kier alpha value is -2.68. The van der Waals surface area contributed by atoms with E-state index in [0.717, 1.165) is 36.2 Å². The van der Waals surface area contributed by atoms with Gasteiger partial charge in [-0.25, -0.2) is 13.9 Å². The van der Waals surface area contributed by atoms with Crippen molar-refractivity contribution >= 4 is 5.97 Å². The number of halogens is 1. The maximum Gasteiger partial charge on any atom is 0.359 e. The maximum absolute atomic E-state index is 13.1. The zero-order valence-corrected chi connectivity index (χ0v) is 12.6. The summed E-state index contributed by atoms with van der Waals surface area (Å²) in [5.74, 6) is -0.767. The molecule has 0 aliphatic heterocycles. The Morgan fingerprint density at radius 1 is 1.35 bits per heavy atom. The topological polar surface area (TPSA) is 67.9 Å². The number of nitrogens with zero attached hydrogens (tertiary/aromatic N) is 3. The zero-order valence-electron chi connectivity index (χ0n) is 12.6. The van der Waals surface area contributed by atoms with Gasteiger partial charge < -0.3 is 4.74 Å². The van der Waals surface area contributed by atoms with Gasteiger partial charge in [0.2, 0.25) is 0 Å². The number of nitriles is 1. The van der Waals surface area contributed by atoms with Crippen LogP contribution in [0.25, 0.3) is 5.69 Å². The van der Waals surface area contributed by atoms with Crippen LogP contribution in [0.5, 0.6) is 0 Å². The molecule has 0 spiro atoms. The van der Waals surface area contributed by atoms with Crippen LogP contribution in [0.15, 0.2) is 24.3 Å². The summed E-state index contributed by atoms with van der Waals surface area (Å²) in [7, 11) is 0. The number of rotatable bonds is 5. The lowest BCUT2D eigenvalue weighted by Gasteiger charge is -2.05.